The van der Waals surface area contributed by atoms with Crippen LogP contribution in [0.3, 0.4) is 0 Å². The third-order valence-electron chi connectivity index (χ3n) is 3.68. The summed E-state index contributed by atoms with van der Waals surface area (Å²) in [7, 11) is 0. The van der Waals surface area contributed by atoms with Crippen molar-refractivity contribution >= 4 is 5.91 Å². The molecule has 0 aliphatic carbocycles. The van der Waals surface area contributed by atoms with E-state index in [9.17, 15) is 9.90 Å². The van der Waals surface area contributed by atoms with E-state index in [0.29, 0.717) is 24.0 Å². The Bertz CT molecular complexity index is 391. The van der Waals surface area contributed by atoms with Gasteiger partial charge in [-0.25, -0.2) is 0 Å². The largest absolute Gasteiger partial charge is 0.508 e. The minimum Gasteiger partial charge on any atom is -0.508 e. The van der Waals surface area contributed by atoms with Crippen molar-refractivity contribution in [3.63, 3.8) is 0 Å². The van der Waals surface area contributed by atoms with Gasteiger partial charge >= 0.3 is 0 Å². The maximum Gasteiger partial charge on any atom is 0.222 e. The van der Waals surface area contributed by atoms with Crippen molar-refractivity contribution < 1.29 is 9.90 Å². The fourth-order valence-corrected chi connectivity index (χ4v) is 2.58. The van der Waals surface area contributed by atoms with E-state index in [1.54, 1.807) is 12.1 Å². The van der Waals surface area contributed by atoms with Crippen LogP contribution < -0.4 is 0 Å². The minimum atomic E-state index is 0.293. The molecule has 1 aromatic carbocycles. The monoisotopic (exact) mass is 247 g/mol. The molecule has 1 N–H and O–H groups in total. The van der Waals surface area contributed by atoms with E-state index in [1.807, 2.05) is 24.0 Å². The molecule has 2 rings (SSSR count). The van der Waals surface area contributed by atoms with Crippen molar-refractivity contribution in [1.29, 1.82) is 0 Å². The smallest absolute Gasteiger partial charge is 0.222 e. The fraction of sp³-hybridized carbons (Fsp3) is 0.533. The van der Waals surface area contributed by atoms with Crippen LogP contribution in [-0.4, -0.2) is 29.0 Å². The van der Waals surface area contributed by atoms with Crippen LogP contribution in [0.1, 0.15) is 44.1 Å². The summed E-state index contributed by atoms with van der Waals surface area (Å²) in [4.78, 5) is 13.8. The summed E-state index contributed by atoms with van der Waals surface area (Å²) in [6.07, 6.45) is 3.65. The molecule has 1 aromatic rings. The van der Waals surface area contributed by atoms with Crippen LogP contribution in [0.5, 0.6) is 5.75 Å². The number of nitrogens with zero attached hydrogens (tertiary/aromatic N) is 1. The van der Waals surface area contributed by atoms with E-state index in [-0.39, 0.29) is 0 Å². The van der Waals surface area contributed by atoms with E-state index in [4.69, 9.17) is 0 Å². The molecule has 1 aliphatic rings. The van der Waals surface area contributed by atoms with Crippen molar-refractivity contribution in [3.8, 4) is 5.75 Å². The number of piperidine rings is 1. The molecule has 0 aromatic heterocycles. The third-order valence-corrected chi connectivity index (χ3v) is 3.68. The summed E-state index contributed by atoms with van der Waals surface area (Å²) in [5.41, 5.74) is 1.27. The van der Waals surface area contributed by atoms with Gasteiger partial charge in [0.25, 0.3) is 0 Å². The van der Waals surface area contributed by atoms with Gasteiger partial charge in [-0.15, -0.1) is 0 Å². The number of phenols is 1. The van der Waals surface area contributed by atoms with Crippen molar-refractivity contribution in [2.45, 2.75) is 38.5 Å². The highest BCUT2D eigenvalue weighted by atomic mass is 16.3. The number of likely N-dealkylation sites (tertiary alicyclic amines) is 1. The van der Waals surface area contributed by atoms with Crippen LogP contribution in [0.15, 0.2) is 24.3 Å². The van der Waals surface area contributed by atoms with Crippen LogP contribution in [-0.2, 0) is 4.79 Å². The van der Waals surface area contributed by atoms with Crippen LogP contribution in [0, 0.1) is 0 Å². The second-order valence-electron chi connectivity index (χ2n) is 5.00. The Morgan fingerprint density at radius 3 is 2.44 bits per heavy atom. The zero-order chi connectivity index (χ0) is 13.0. The molecule has 1 amide bonds. The lowest BCUT2D eigenvalue weighted by Gasteiger charge is -2.32. The van der Waals surface area contributed by atoms with E-state index >= 15 is 0 Å². The average Bonchev–Trinajstić information content (AvgIpc) is 2.40. The highest BCUT2D eigenvalue weighted by Gasteiger charge is 2.23. The molecule has 0 saturated carbocycles. The molecule has 0 unspecified atom stereocenters. The Labute approximate surface area is 108 Å². The molecule has 18 heavy (non-hydrogen) atoms. The van der Waals surface area contributed by atoms with Crippen LogP contribution >= 0.6 is 0 Å². The molecule has 98 valence electrons. The molecule has 1 saturated heterocycles. The molecule has 0 radical (unpaired) electrons. The number of carbonyl (C=O) groups is 1. The zero-order valence-electron chi connectivity index (χ0n) is 10.9. The Balaban J connectivity index is 1.90. The standard InChI is InChI=1S/C15H21NO2/c1-2-3-15(18)16-10-8-13(9-11-16)12-4-6-14(17)7-5-12/h4-7,13,17H,2-3,8-11H2,1H3. The zero-order valence-corrected chi connectivity index (χ0v) is 10.9. The number of carbonyl (C=O) groups excluding carboxylic acids is 1. The van der Waals surface area contributed by atoms with E-state index in [0.717, 1.165) is 32.4 Å². The molecule has 3 nitrogen and oxygen atoms in total. The van der Waals surface area contributed by atoms with Crippen molar-refractivity contribution in [1.82, 2.24) is 4.90 Å². The Morgan fingerprint density at radius 1 is 1.28 bits per heavy atom. The van der Waals surface area contributed by atoms with E-state index in [1.165, 1.54) is 5.56 Å². The van der Waals surface area contributed by atoms with Gasteiger partial charge in [0.15, 0.2) is 0 Å². The lowest BCUT2D eigenvalue weighted by Crippen LogP contribution is -2.37. The summed E-state index contributed by atoms with van der Waals surface area (Å²) >= 11 is 0. The molecule has 1 aliphatic heterocycles. The maximum absolute atomic E-state index is 11.8. The van der Waals surface area contributed by atoms with E-state index < -0.39 is 0 Å². The van der Waals surface area contributed by atoms with Crippen LogP contribution in [0.4, 0.5) is 0 Å². The number of amides is 1. The molecule has 0 spiro atoms. The summed E-state index contributed by atoms with van der Waals surface area (Å²) in [5.74, 6) is 1.13. The van der Waals surface area contributed by atoms with Crippen molar-refractivity contribution in [3.05, 3.63) is 29.8 Å². The number of benzene rings is 1. The molecule has 3 heteroatoms. The maximum atomic E-state index is 11.8. The van der Waals surface area contributed by atoms with Gasteiger partial charge in [0.2, 0.25) is 5.91 Å². The third kappa shape index (κ3) is 3.03. The molecule has 1 fully saturated rings. The lowest BCUT2D eigenvalue weighted by atomic mass is 9.89. The minimum absolute atomic E-state index is 0.293. The first-order valence-corrected chi connectivity index (χ1v) is 6.77. The first-order chi connectivity index (χ1) is 8.70. The first-order valence-electron chi connectivity index (χ1n) is 6.77. The van der Waals surface area contributed by atoms with Crippen molar-refractivity contribution in [2.24, 2.45) is 0 Å². The van der Waals surface area contributed by atoms with Gasteiger partial charge in [0, 0.05) is 19.5 Å². The Hall–Kier alpha value is -1.51. The number of aromatic hydroxyl groups is 1. The molecular weight excluding hydrogens is 226 g/mol. The molecule has 0 bridgehead atoms. The van der Waals surface area contributed by atoms with Crippen LogP contribution in [0.25, 0.3) is 0 Å². The van der Waals surface area contributed by atoms with Gasteiger partial charge in [-0.05, 0) is 42.9 Å². The Kier molecular flexibility index (Phi) is 4.24. The van der Waals surface area contributed by atoms with Gasteiger partial charge in [-0.1, -0.05) is 19.1 Å². The fourth-order valence-electron chi connectivity index (χ4n) is 2.58. The highest BCUT2D eigenvalue weighted by Crippen LogP contribution is 2.29. The number of rotatable bonds is 3. The number of hydrogen-bond acceptors (Lipinski definition) is 2. The number of hydrogen-bond donors (Lipinski definition) is 1. The van der Waals surface area contributed by atoms with Gasteiger partial charge in [0.05, 0.1) is 0 Å². The predicted molar refractivity (Wildman–Crippen MR) is 71.6 cm³/mol. The predicted octanol–water partition coefficient (Wildman–Crippen LogP) is 2.90. The average molecular weight is 247 g/mol. The summed E-state index contributed by atoms with van der Waals surface area (Å²) in [6, 6.07) is 7.46. The van der Waals surface area contributed by atoms with Crippen molar-refractivity contribution in [2.75, 3.05) is 13.1 Å². The summed E-state index contributed by atoms with van der Waals surface area (Å²) in [6.45, 7) is 3.77. The summed E-state index contributed by atoms with van der Waals surface area (Å²) in [5, 5.41) is 9.28. The number of phenolic OH excluding ortho intramolecular Hbond substituents is 1. The quantitative estimate of drug-likeness (QED) is 0.892. The topological polar surface area (TPSA) is 40.5 Å². The van der Waals surface area contributed by atoms with Gasteiger partial charge in [0.1, 0.15) is 5.75 Å². The molecule has 1 heterocycles. The lowest BCUT2D eigenvalue weighted by molar-refractivity contribution is -0.132. The normalized spacial score (nSPS) is 16.8. The van der Waals surface area contributed by atoms with Gasteiger partial charge < -0.3 is 10.0 Å². The van der Waals surface area contributed by atoms with Gasteiger partial charge in [-0.2, -0.15) is 0 Å². The second-order valence-corrected chi connectivity index (χ2v) is 5.00. The first kappa shape index (κ1) is 12.9. The van der Waals surface area contributed by atoms with E-state index in [2.05, 4.69) is 0 Å². The molecular formula is C15H21NO2. The van der Waals surface area contributed by atoms with Crippen LogP contribution in [0.2, 0.25) is 0 Å². The molecule has 0 atom stereocenters. The highest BCUT2D eigenvalue weighted by molar-refractivity contribution is 5.76. The second kappa shape index (κ2) is 5.89. The van der Waals surface area contributed by atoms with Gasteiger partial charge in [-0.3, -0.25) is 4.79 Å². The Morgan fingerprint density at radius 2 is 1.89 bits per heavy atom. The summed E-state index contributed by atoms with van der Waals surface area (Å²) < 4.78 is 0. The SMILES string of the molecule is CCCC(=O)N1CCC(c2ccc(O)cc2)CC1.